The molecule has 0 fully saturated rings. The molecule has 3 aromatic heterocycles. The summed E-state index contributed by atoms with van der Waals surface area (Å²) in [6.07, 6.45) is 3.25. The molecule has 0 aliphatic heterocycles. The first-order valence-electron chi connectivity index (χ1n) is 6.93. The van der Waals surface area contributed by atoms with Gasteiger partial charge in [0.05, 0.1) is 16.0 Å². The van der Waals surface area contributed by atoms with E-state index < -0.39 is 22.3 Å². The average Bonchev–Trinajstić information content (AvgIpc) is 3.24. The summed E-state index contributed by atoms with van der Waals surface area (Å²) in [6, 6.07) is 6.05. The second kappa shape index (κ2) is 4.99. The van der Waals surface area contributed by atoms with Gasteiger partial charge in [0.15, 0.2) is 0 Å². The molecule has 0 spiro atoms. The number of carboxylic acids is 1. The van der Waals surface area contributed by atoms with Gasteiger partial charge in [0.2, 0.25) is 5.65 Å². The molecule has 11 nitrogen and oxygen atoms in total. The molecule has 0 saturated heterocycles. The number of rotatable bonds is 3. The Labute approximate surface area is 136 Å². The zero-order valence-electron chi connectivity index (χ0n) is 12.3. The molecular formula is C14H8N6O5. The van der Waals surface area contributed by atoms with Gasteiger partial charge in [-0.05, 0) is 18.2 Å². The van der Waals surface area contributed by atoms with Crippen molar-refractivity contribution in [1.29, 1.82) is 0 Å². The summed E-state index contributed by atoms with van der Waals surface area (Å²) in [4.78, 5) is 40.1. The minimum Gasteiger partial charge on any atom is -0.475 e. The SMILES string of the molecule is O=C(O)c1nc2c(=O)[nH]c3cc([N+](=O)[O-])c(-n4cccc4)cc3n2n1. The van der Waals surface area contributed by atoms with E-state index in [1.165, 1.54) is 16.7 Å². The van der Waals surface area contributed by atoms with E-state index in [9.17, 15) is 19.7 Å². The lowest BCUT2D eigenvalue weighted by atomic mass is 10.2. The molecule has 0 saturated carbocycles. The molecule has 4 aromatic rings. The maximum absolute atomic E-state index is 12.1. The van der Waals surface area contributed by atoms with Crippen molar-refractivity contribution >= 4 is 28.3 Å². The van der Waals surface area contributed by atoms with Gasteiger partial charge >= 0.3 is 5.97 Å². The van der Waals surface area contributed by atoms with E-state index >= 15 is 0 Å². The Bertz CT molecular complexity index is 1220. The van der Waals surface area contributed by atoms with Crippen LogP contribution in [0.25, 0.3) is 22.4 Å². The number of fused-ring (bicyclic) bond motifs is 3. The summed E-state index contributed by atoms with van der Waals surface area (Å²) in [5, 5.41) is 24.2. The van der Waals surface area contributed by atoms with E-state index in [0.29, 0.717) is 0 Å². The number of nitro groups is 1. The van der Waals surface area contributed by atoms with Crippen LogP contribution in [0, 0.1) is 10.1 Å². The Balaban J connectivity index is 2.16. The third-order valence-corrected chi connectivity index (χ3v) is 3.65. The first-order chi connectivity index (χ1) is 12.0. The van der Waals surface area contributed by atoms with E-state index in [-0.39, 0.29) is 28.1 Å². The van der Waals surface area contributed by atoms with Crippen molar-refractivity contribution < 1.29 is 14.8 Å². The van der Waals surface area contributed by atoms with Crippen molar-refractivity contribution in [2.24, 2.45) is 0 Å². The van der Waals surface area contributed by atoms with Crippen LogP contribution in [-0.2, 0) is 0 Å². The number of benzene rings is 1. The van der Waals surface area contributed by atoms with Gasteiger partial charge in [-0.3, -0.25) is 14.9 Å². The van der Waals surface area contributed by atoms with Gasteiger partial charge in [0.1, 0.15) is 5.69 Å². The van der Waals surface area contributed by atoms with Crippen LogP contribution >= 0.6 is 0 Å². The molecule has 3 heterocycles. The second-order valence-corrected chi connectivity index (χ2v) is 5.14. The quantitative estimate of drug-likeness (QED) is 0.417. The third-order valence-electron chi connectivity index (χ3n) is 3.65. The minimum atomic E-state index is -1.39. The zero-order valence-corrected chi connectivity index (χ0v) is 12.3. The molecule has 0 bridgehead atoms. The summed E-state index contributed by atoms with van der Waals surface area (Å²) in [5.41, 5.74) is -0.473. The molecule has 11 heteroatoms. The highest BCUT2D eigenvalue weighted by atomic mass is 16.6. The highest BCUT2D eigenvalue weighted by Gasteiger charge is 2.21. The van der Waals surface area contributed by atoms with Crippen molar-refractivity contribution in [1.82, 2.24) is 24.1 Å². The Morgan fingerprint density at radius 2 is 2.00 bits per heavy atom. The van der Waals surface area contributed by atoms with E-state index in [0.717, 1.165) is 4.52 Å². The van der Waals surface area contributed by atoms with Gasteiger partial charge in [-0.2, -0.15) is 4.98 Å². The van der Waals surface area contributed by atoms with Gasteiger partial charge in [-0.1, -0.05) is 0 Å². The Morgan fingerprint density at radius 3 is 2.64 bits per heavy atom. The fraction of sp³-hybridized carbons (Fsp3) is 0. The molecule has 0 radical (unpaired) electrons. The topological polar surface area (TPSA) is 148 Å². The number of aromatic carboxylic acids is 1. The Hall–Kier alpha value is -4.02. The second-order valence-electron chi connectivity index (χ2n) is 5.14. The lowest BCUT2D eigenvalue weighted by Crippen LogP contribution is -2.12. The van der Waals surface area contributed by atoms with Crippen LogP contribution < -0.4 is 5.56 Å². The van der Waals surface area contributed by atoms with Gasteiger partial charge in [0, 0.05) is 18.5 Å². The van der Waals surface area contributed by atoms with Gasteiger partial charge in [-0.25, -0.2) is 9.31 Å². The lowest BCUT2D eigenvalue weighted by Gasteiger charge is -2.07. The van der Waals surface area contributed by atoms with Crippen LogP contribution in [0.5, 0.6) is 0 Å². The number of nitrogens with one attached hydrogen (secondary N) is 1. The maximum atomic E-state index is 12.1. The van der Waals surface area contributed by atoms with Crippen molar-refractivity contribution in [3.05, 3.63) is 63.0 Å². The highest BCUT2D eigenvalue weighted by Crippen LogP contribution is 2.27. The highest BCUT2D eigenvalue weighted by molar-refractivity contribution is 5.86. The summed E-state index contributed by atoms with van der Waals surface area (Å²) in [6.45, 7) is 0. The normalized spacial score (nSPS) is 11.2. The molecule has 0 unspecified atom stereocenters. The van der Waals surface area contributed by atoms with Crippen molar-refractivity contribution in [3.8, 4) is 5.69 Å². The van der Waals surface area contributed by atoms with Crippen molar-refractivity contribution in [3.63, 3.8) is 0 Å². The van der Waals surface area contributed by atoms with E-state index in [4.69, 9.17) is 5.11 Å². The Morgan fingerprint density at radius 1 is 1.28 bits per heavy atom. The summed E-state index contributed by atoms with van der Waals surface area (Å²) in [5.74, 6) is -1.93. The average molecular weight is 340 g/mol. The number of carbonyl (C=O) groups is 1. The van der Waals surface area contributed by atoms with Crippen molar-refractivity contribution in [2.75, 3.05) is 0 Å². The molecule has 0 atom stereocenters. The molecule has 124 valence electrons. The maximum Gasteiger partial charge on any atom is 0.375 e. The number of H-pyrrole nitrogens is 1. The molecule has 1 aromatic carbocycles. The third kappa shape index (κ3) is 2.14. The largest absolute Gasteiger partial charge is 0.475 e. The zero-order chi connectivity index (χ0) is 17.7. The summed E-state index contributed by atoms with van der Waals surface area (Å²) < 4.78 is 2.60. The minimum absolute atomic E-state index is 0.141. The molecular weight excluding hydrogens is 332 g/mol. The molecule has 25 heavy (non-hydrogen) atoms. The van der Waals surface area contributed by atoms with Crippen LogP contribution in [0.4, 0.5) is 5.69 Å². The monoisotopic (exact) mass is 340 g/mol. The number of hydrogen-bond acceptors (Lipinski definition) is 6. The number of nitrogens with zero attached hydrogens (tertiary/aromatic N) is 5. The predicted octanol–water partition coefficient (Wildman–Crippen LogP) is 0.968. The molecule has 2 N–H and O–H groups in total. The number of hydrogen-bond donors (Lipinski definition) is 2. The lowest BCUT2D eigenvalue weighted by molar-refractivity contribution is -0.384. The van der Waals surface area contributed by atoms with Crippen molar-refractivity contribution in [2.45, 2.75) is 0 Å². The number of nitro benzene ring substituents is 1. The fourth-order valence-corrected chi connectivity index (χ4v) is 2.59. The van der Waals surface area contributed by atoms with E-state index in [2.05, 4.69) is 15.1 Å². The van der Waals surface area contributed by atoms with Crippen LogP contribution in [0.1, 0.15) is 10.6 Å². The van der Waals surface area contributed by atoms with Gasteiger partial charge in [0.25, 0.3) is 17.1 Å². The predicted molar refractivity (Wildman–Crippen MR) is 84.1 cm³/mol. The summed E-state index contributed by atoms with van der Waals surface area (Å²) in [7, 11) is 0. The first-order valence-corrected chi connectivity index (χ1v) is 6.93. The van der Waals surface area contributed by atoms with Gasteiger partial charge < -0.3 is 14.7 Å². The van der Waals surface area contributed by atoms with E-state index in [1.54, 1.807) is 24.5 Å². The summed E-state index contributed by atoms with van der Waals surface area (Å²) >= 11 is 0. The molecule has 4 rings (SSSR count). The molecule has 0 aliphatic rings. The Kier molecular flexibility index (Phi) is 2.91. The van der Waals surface area contributed by atoms with E-state index in [1.807, 2.05) is 0 Å². The number of aromatic nitrogens is 5. The van der Waals surface area contributed by atoms with Crippen LogP contribution in [0.3, 0.4) is 0 Å². The fourth-order valence-electron chi connectivity index (χ4n) is 2.59. The molecule has 0 amide bonds. The molecule has 0 aliphatic carbocycles. The standard InChI is InChI=1S/C14H8N6O5/c21-13-12-16-11(14(22)23)17-19(12)8-6-9(18-3-1-2-4-18)10(20(24)25)5-7(8)15-13/h1-6H,(H,15,21)(H,22,23). The number of carboxylic acid groups (broad SMARTS) is 1. The smallest absolute Gasteiger partial charge is 0.375 e. The van der Waals surface area contributed by atoms with Crippen LogP contribution in [-0.4, -0.2) is 40.1 Å². The number of aromatic amines is 1. The first kappa shape index (κ1) is 14.6. The van der Waals surface area contributed by atoms with Crippen LogP contribution in [0.2, 0.25) is 0 Å². The van der Waals surface area contributed by atoms with Gasteiger partial charge in [-0.15, -0.1) is 5.10 Å². The van der Waals surface area contributed by atoms with Crippen LogP contribution in [0.15, 0.2) is 41.5 Å².